The van der Waals surface area contributed by atoms with Gasteiger partial charge in [-0.1, -0.05) is 41.9 Å². The molecule has 0 spiro atoms. The van der Waals surface area contributed by atoms with Crippen LogP contribution in [0.5, 0.6) is 0 Å². The average Bonchev–Trinajstić information content (AvgIpc) is 3.05. The second-order valence-electron chi connectivity index (χ2n) is 6.29. The first kappa shape index (κ1) is 18.2. The largest absolute Gasteiger partial charge is 0.338 e. The fraction of sp³-hybridized carbons (Fsp3) is 0.421. The van der Waals surface area contributed by atoms with Crippen molar-refractivity contribution in [1.82, 2.24) is 15.1 Å². The Morgan fingerprint density at radius 2 is 1.84 bits per heavy atom. The number of rotatable bonds is 6. The van der Waals surface area contributed by atoms with Crippen LogP contribution in [0, 0.1) is 0 Å². The molecule has 1 aromatic heterocycles. The van der Waals surface area contributed by atoms with Crippen LogP contribution in [0.3, 0.4) is 0 Å². The molecule has 1 saturated heterocycles. The van der Waals surface area contributed by atoms with Crippen LogP contribution in [0.15, 0.2) is 42.5 Å². The smallest absolute Gasteiger partial charge is 0.317 e. The minimum atomic E-state index is 0.0619. The summed E-state index contributed by atoms with van der Waals surface area (Å²) in [4.78, 5) is 17.8. The van der Waals surface area contributed by atoms with Crippen molar-refractivity contribution in [3.05, 3.63) is 57.2 Å². The predicted molar refractivity (Wildman–Crippen MR) is 104 cm³/mol. The lowest BCUT2D eigenvalue weighted by atomic mass is 10.1. The molecule has 2 aromatic rings. The summed E-state index contributed by atoms with van der Waals surface area (Å²) in [6.07, 6.45) is 1.97. The minimum Gasteiger partial charge on any atom is -0.338 e. The quantitative estimate of drug-likeness (QED) is 0.776. The van der Waals surface area contributed by atoms with Crippen molar-refractivity contribution in [2.75, 3.05) is 32.7 Å². The first-order chi connectivity index (χ1) is 12.2. The molecule has 1 aromatic carbocycles. The number of nitrogens with one attached hydrogen (secondary N) is 1. The Kier molecular flexibility index (Phi) is 6.73. The van der Waals surface area contributed by atoms with Crippen LogP contribution in [0.25, 0.3) is 0 Å². The number of thiophene rings is 1. The number of carbonyl (C=O) groups excluding carboxylic acids is 1. The molecular formula is C19H24ClN3OS. The zero-order valence-electron chi connectivity index (χ0n) is 14.3. The van der Waals surface area contributed by atoms with Crippen molar-refractivity contribution in [1.29, 1.82) is 0 Å². The molecule has 1 fully saturated rings. The van der Waals surface area contributed by atoms with Gasteiger partial charge in [-0.15, -0.1) is 11.3 Å². The number of carbonyl (C=O) groups is 1. The van der Waals surface area contributed by atoms with Gasteiger partial charge in [0, 0.05) is 44.1 Å². The highest BCUT2D eigenvalue weighted by atomic mass is 35.5. The molecule has 0 unspecified atom stereocenters. The van der Waals surface area contributed by atoms with E-state index in [4.69, 9.17) is 11.6 Å². The normalized spacial score (nSPS) is 15.3. The summed E-state index contributed by atoms with van der Waals surface area (Å²) in [5, 5.41) is 3.04. The molecule has 2 amide bonds. The van der Waals surface area contributed by atoms with Gasteiger partial charge >= 0.3 is 6.03 Å². The first-order valence-electron chi connectivity index (χ1n) is 8.74. The summed E-state index contributed by atoms with van der Waals surface area (Å²) >= 11 is 7.61. The fourth-order valence-corrected chi connectivity index (χ4v) is 4.14. The van der Waals surface area contributed by atoms with Gasteiger partial charge in [0.05, 0.1) is 4.34 Å². The molecule has 3 rings (SSSR count). The van der Waals surface area contributed by atoms with Crippen LogP contribution in [0.1, 0.15) is 16.9 Å². The van der Waals surface area contributed by atoms with E-state index >= 15 is 0 Å². The molecule has 0 bridgehead atoms. The summed E-state index contributed by atoms with van der Waals surface area (Å²) < 4.78 is 0.837. The van der Waals surface area contributed by atoms with Crippen LogP contribution in [0.4, 0.5) is 4.79 Å². The third-order valence-corrected chi connectivity index (χ3v) is 5.64. The molecule has 0 atom stereocenters. The number of benzene rings is 1. The van der Waals surface area contributed by atoms with Gasteiger partial charge in [0.2, 0.25) is 0 Å². The van der Waals surface area contributed by atoms with Crippen LogP contribution < -0.4 is 5.32 Å². The average molecular weight is 378 g/mol. The molecule has 4 nitrogen and oxygen atoms in total. The molecule has 2 heterocycles. The second kappa shape index (κ2) is 9.22. The summed E-state index contributed by atoms with van der Waals surface area (Å²) in [7, 11) is 0. The van der Waals surface area contributed by atoms with Gasteiger partial charge in [-0.2, -0.15) is 0 Å². The summed E-state index contributed by atoms with van der Waals surface area (Å²) in [5.74, 6) is 0. The third-order valence-electron chi connectivity index (χ3n) is 4.43. The van der Waals surface area contributed by atoms with E-state index in [1.807, 2.05) is 17.0 Å². The SMILES string of the molecule is O=C(NCCCc1ccccc1)N1CCN(Cc2ccc(Cl)s2)CC1. The van der Waals surface area contributed by atoms with E-state index in [9.17, 15) is 4.79 Å². The van der Waals surface area contributed by atoms with Crippen LogP contribution in [-0.2, 0) is 13.0 Å². The van der Waals surface area contributed by atoms with E-state index in [0.29, 0.717) is 0 Å². The number of nitrogens with zero attached hydrogens (tertiary/aromatic N) is 2. The number of hydrogen-bond acceptors (Lipinski definition) is 3. The van der Waals surface area contributed by atoms with Crippen LogP contribution in [0.2, 0.25) is 4.34 Å². The Hall–Kier alpha value is -1.56. The highest BCUT2D eigenvalue weighted by Crippen LogP contribution is 2.23. The third kappa shape index (κ3) is 5.73. The number of hydrogen-bond donors (Lipinski definition) is 1. The lowest BCUT2D eigenvalue weighted by molar-refractivity contribution is 0.136. The van der Waals surface area contributed by atoms with E-state index in [0.717, 1.165) is 56.4 Å². The zero-order chi connectivity index (χ0) is 17.5. The molecule has 1 aliphatic rings. The van der Waals surface area contributed by atoms with E-state index in [1.165, 1.54) is 10.4 Å². The number of aryl methyl sites for hydroxylation is 1. The molecule has 6 heteroatoms. The Bertz CT molecular complexity index is 668. The number of piperazine rings is 1. The first-order valence-corrected chi connectivity index (χ1v) is 9.93. The summed E-state index contributed by atoms with van der Waals surface area (Å²) in [5.41, 5.74) is 1.32. The van der Waals surface area contributed by atoms with Crippen LogP contribution >= 0.6 is 22.9 Å². The van der Waals surface area contributed by atoms with Gasteiger partial charge in [-0.3, -0.25) is 4.90 Å². The van der Waals surface area contributed by atoms with Gasteiger partial charge in [0.15, 0.2) is 0 Å². The van der Waals surface area contributed by atoms with Gasteiger partial charge in [0.25, 0.3) is 0 Å². The van der Waals surface area contributed by atoms with Crippen molar-refractivity contribution in [2.45, 2.75) is 19.4 Å². The maximum absolute atomic E-state index is 12.3. The Morgan fingerprint density at radius 1 is 1.08 bits per heavy atom. The van der Waals surface area contributed by atoms with Crippen molar-refractivity contribution >= 4 is 29.0 Å². The van der Waals surface area contributed by atoms with E-state index in [2.05, 4.69) is 40.5 Å². The monoisotopic (exact) mass is 377 g/mol. The number of amides is 2. The Labute approximate surface area is 158 Å². The van der Waals surface area contributed by atoms with E-state index in [-0.39, 0.29) is 6.03 Å². The second-order valence-corrected chi connectivity index (χ2v) is 8.09. The van der Waals surface area contributed by atoms with Crippen molar-refractivity contribution in [3.8, 4) is 0 Å². The number of halogens is 1. The molecule has 0 aliphatic carbocycles. The van der Waals surface area contributed by atoms with Crippen molar-refractivity contribution in [2.24, 2.45) is 0 Å². The molecule has 134 valence electrons. The molecule has 1 aliphatic heterocycles. The van der Waals surface area contributed by atoms with Crippen LogP contribution in [-0.4, -0.2) is 48.6 Å². The lowest BCUT2D eigenvalue weighted by Crippen LogP contribution is -2.51. The standard InChI is InChI=1S/C19H24ClN3OS/c20-18-9-8-17(25-18)15-22-11-13-23(14-12-22)19(24)21-10-4-7-16-5-2-1-3-6-16/h1-3,5-6,8-9H,4,7,10-15H2,(H,21,24). The highest BCUT2D eigenvalue weighted by Gasteiger charge is 2.21. The molecular weight excluding hydrogens is 354 g/mol. The summed E-state index contributed by atoms with van der Waals surface area (Å²) in [6.45, 7) is 5.03. The van der Waals surface area contributed by atoms with Gasteiger partial charge in [0.1, 0.15) is 0 Å². The maximum Gasteiger partial charge on any atom is 0.317 e. The number of urea groups is 1. The predicted octanol–water partition coefficient (Wildman–Crippen LogP) is 3.86. The molecule has 1 N–H and O–H groups in total. The molecule has 0 saturated carbocycles. The minimum absolute atomic E-state index is 0.0619. The van der Waals surface area contributed by atoms with Gasteiger partial charge in [-0.25, -0.2) is 4.79 Å². The zero-order valence-corrected chi connectivity index (χ0v) is 15.9. The van der Waals surface area contributed by atoms with E-state index < -0.39 is 0 Å². The Morgan fingerprint density at radius 3 is 2.52 bits per heavy atom. The Balaban J connectivity index is 1.32. The van der Waals surface area contributed by atoms with Gasteiger partial charge < -0.3 is 10.2 Å². The topological polar surface area (TPSA) is 35.6 Å². The lowest BCUT2D eigenvalue weighted by Gasteiger charge is -2.34. The van der Waals surface area contributed by atoms with Crippen molar-refractivity contribution < 1.29 is 4.79 Å². The molecule has 0 radical (unpaired) electrons. The summed E-state index contributed by atoms with van der Waals surface area (Å²) in [6, 6.07) is 14.5. The fourth-order valence-electron chi connectivity index (χ4n) is 3.01. The highest BCUT2D eigenvalue weighted by molar-refractivity contribution is 7.16. The molecule has 25 heavy (non-hydrogen) atoms. The van der Waals surface area contributed by atoms with E-state index in [1.54, 1.807) is 11.3 Å². The maximum atomic E-state index is 12.3. The van der Waals surface area contributed by atoms with Crippen molar-refractivity contribution in [3.63, 3.8) is 0 Å². The van der Waals surface area contributed by atoms with Gasteiger partial charge in [-0.05, 0) is 30.5 Å².